The van der Waals surface area contributed by atoms with Crippen molar-refractivity contribution < 1.29 is 14.3 Å². The normalized spacial score (nSPS) is 10.1. The maximum Gasteiger partial charge on any atom is 0.242 e. The van der Waals surface area contributed by atoms with Gasteiger partial charge in [-0.3, -0.25) is 9.59 Å². The minimum absolute atomic E-state index is 0. The Hall–Kier alpha value is -2.57. The van der Waals surface area contributed by atoms with Crippen LogP contribution < -0.4 is 15.8 Å². The number of hydrogen-bond donors (Lipinski definition) is 2. The smallest absolute Gasteiger partial charge is 0.242 e. The molecule has 158 valence electrons. The summed E-state index contributed by atoms with van der Waals surface area (Å²) in [5.74, 6) is 0.355. The first-order chi connectivity index (χ1) is 13.3. The van der Waals surface area contributed by atoms with Crippen molar-refractivity contribution >= 4 is 24.2 Å². The Morgan fingerprint density at radius 3 is 2.17 bits per heavy atom. The average molecular weight is 420 g/mol. The minimum Gasteiger partial charge on any atom is -0.488 e. The molecule has 2 aromatic rings. The monoisotopic (exact) mass is 419 g/mol. The molecule has 0 radical (unpaired) electrons. The van der Waals surface area contributed by atoms with Crippen LogP contribution in [0.2, 0.25) is 0 Å². The van der Waals surface area contributed by atoms with Gasteiger partial charge in [-0.2, -0.15) is 0 Å². The van der Waals surface area contributed by atoms with Crippen LogP contribution in [-0.2, 0) is 22.7 Å². The van der Waals surface area contributed by atoms with E-state index < -0.39 is 0 Å². The van der Waals surface area contributed by atoms with E-state index in [1.54, 1.807) is 11.9 Å². The van der Waals surface area contributed by atoms with Gasteiger partial charge in [0.2, 0.25) is 11.8 Å². The first kappa shape index (κ1) is 24.5. The summed E-state index contributed by atoms with van der Waals surface area (Å²) in [5.41, 5.74) is 10.6. The molecule has 7 heteroatoms. The summed E-state index contributed by atoms with van der Waals surface area (Å²) in [6, 6.07) is 12.3. The number of rotatable bonds is 8. The first-order valence-corrected chi connectivity index (χ1v) is 9.29. The lowest BCUT2D eigenvalue weighted by molar-refractivity contribution is -0.131. The Balaban J connectivity index is 0.00000420. The fourth-order valence-corrected chi connectivity index (χ4v) is 2.94. The molecule has 0 bridgehead atoms. The third kappa shape index (κ3) is 7.40. The largest absolute Gasteiger partial charge is 0.488 e. The summed E-state index contributed by atoms with van der Waals surface area (Å²) in [6.45, 7) is 6.86. The van der Waals surface area contributed by atoms with E-state index in [0.717, 1.165) is 28.0 Å². The number of amides is 2. The number of aryl methyl sites for hydroxylation is 3. The molecule has 2 aromatic carbocycles. The number of carbonyl (C=O) groups is 2. The summed E-state index contributed by atoms with van der Waals surface area (Å²) >= 11 is 0. The van der Waals surface area contributed by atoms with E-state index >= 15 is 0 Å². The molecule has 2 amide bonds. The molecule has 0 aliphatic heterocycles. The summed E-state index contributed by atoms with van der Waals surface area (Å²) in [7, 11) is 1.71. The van der Waals surface area contributed by atoms with Crippen molar-refractivity contribution in [3.63, 3.8) is 0 Å². The van der Waals surface area contributed by atoms with Crippen molar-refractivity contribution in [2.75, 3.05) is 20.1 Å². The highest BCUT2D eigenvalue weighted by Crippen LogP contribution is 2.26. The van der Waals surface area contributed by atoms with Crippen LogP contribution in [-0.4, -0.2) is 36.9 Å². The molecule has 0 saturated carbocycles. The fraction of sp³-hybridized carbons (Fsp3) is 0.364. The average Bonchev–Trinajstić information content (AvgIpc) is 2.66. The zero-order valence-corrected chi connectivity index (χ0v) is 18.3. The van der Waals surface area contributed by atoms with Gasteiger partial charge in [0, 0.05) is 13.6 Å². The number of likely N-dealkylation sites (N-methyl/N-ethyl adjacent to an activating group) is 1. The van der Waals surface area contributed by atoms with Gasteiger partial charge < -0.3 is 20.7 Å². The first-order valence-electron chi connectivity index (χ1n) is 9.29. The molecule has 0 aliphatic rings. The number of nitrogens with one attached hydrogen (secondary N) is 1. The van der Waals surface area contributed by atoms with Gasteiger partial charge in [-0.15, -0.1) is 12.4 Å². The van der Waals surface area contributed by atoms with Gasteiger partial charge >= 0.3 is 0 Å². The van der Waals surface area contributed by atoms with Crippen LogP contribution in [0.3, 0.4) is 0 Å². The van der Waals surface area contributed by atoms with Gasteiger partial charge in [-0.25, -0.2) is 0 Å². The van der Waals surface area contributed by atoms with Gasteiger partial charge in [0.05, 0.1) is 13.1 Å². The molecule has 0 fully saturated rings. The maximum absolute atomic E-state index is 12.1. The molecule has 0 spiro atoms. The number of ether oxygens (including phenoxy) is 1. The van der Waals surface area contributed by atoms with E-state index in [1.165, 1.54) is 5.56 Å². The SMILES string of the molecule is Cc1ccc(COc2c(C)cc(CN(C)C(=O)CNC(=O)CN)cc2C)cc1.Cl. The highest BCUT2D eigenvalue weighted by Gasteiger charge is 2.13. The van der Waals surface area contributed by atoms with Crippen molar-refractivity contribution in [2.24, 2.45) is 5.73 Å². The third-order valence-electron chi connectivity index (χ3n) is 4.49. The number of carbonyl (C=O) groups excluding carboxylic acids is 2. The van der Waals surface area contributed by atoms with Gasteiger partial charge in [-0.05, 0) is 43.0 Å². The zero-order chi connectivity index (χ0) is 20.7. The zero-order valence-electron chi connectivity index (χ0n) is 17.5. The molecule has 0 heterocycles. The van der Waals surface area contributed by atoms with Gasteiger partial charge in [0.1, 0.15) is 12.4 Å². The van der Waals surface area contributed by atoms with Crippen molar-refractivity contribution in [3.05, 3.63) is 64.2 Å². The lowest BCUT2D eigenvalue weighted by Crippen LogP contribution is -2.40. The van der Waals surface area contributed by atoms with Crippen LogP contribution in [0.25, 0.3) is 0 Å². The van der Waals surface area contributed by atoms with Crippen molar-refractivity contribution in [1.82, 2.24) is 10.2 Å². The predicted octanol–water partition coefficient (Wildman–Crippen LogP) is 2.65. The molecule has 0 atom stereocenters. The van der Waals surface area contributed by atoms with Gasteiger partial charge in [-0.1, -0.05) is 42.0 Å². The van der Waals surface area contributed by atoms with Crippen LogP contribution in [0.15, 0.2) is 36.4 Å². The standard InChI is InChI=1S/C22H29N3O3.ClH/c1-15-5-7-18(8-6-15)14-28-22-16(2)9-19(10-17(22)3)13-25(4)21(27)12-24-20(26)11-23;/h5-10H,11-14,23H2,1-4H3,(H,24,26);1H. The molecule has 0 saturated heterocycles. The lowest BCUT2D eigenvalue weighted by Gasteiger charge is -2.20. The number of benzene rings is 2. The quantitative estimate of drug-likeness (QED) is 0.688. The number of hydrogen-bond acceptors (Lipinski definition) is 4. The summed E-state index contributed by atoms with van der Waals surface area (Å²) < 4.78 is 6.04. The Labute approximate surface area is 178 Å². The van der Waals surface area contributed by atoms with E-state index in [4.69, 9.17) is 10.5 Å². The molecule has 2 rings (SSSR count). The highest BCUT2D eigenvalue weighted by molar-refractivity contribution is 5.85. The van der Waals surface area contributed by atoms with E-state index in [9.17, 15) is 9.59 Å². The van der Waals surface area contributed by atoms with Crippen LogP contribution in [0.4, 0.5) is 0 Å². The summed E-state index contributed by atoms with van der Waals surface area (Å²) in [6.07, 6.45) is 0. The Kier molecular flexibility index (Phi) is 9.65. The fourth-order valence-electron chi connectivity index (χ4n) is 2.94. The van der Waals surface area contributed by atoms with Crippen LogP contribution in [0, 0.1) is 20.8 Å². The summed E-state index contributed by atoms with van der Waals surface area (Å²) in [4.78, 5) is 24.9. The topological polar surface area (TPSA) is 84.7 Å². The number of nitrogens with two attached hydrogens (primary N) is 1. The van der Waals surface area contributed by atoms with Gasteiger partial charge in [0.25, 0.3) is 0 Å². The van der Waals surface area contributed by atoms with Crippen molar-refractivity contribution in [1.29, 1.82) is 0 Å². The molecule has 0 unspecified atom stereocenters. The third-order valence-corrected chi connectivity index (χ3v) is 4.49. The minimum atomic E-state index is -0.344. The van der Waals surface area contributed by atoms with Crippen molar-refractivity contribution in [2.45, 2.75) is 33.9 Å². The Bertz CT molecular complexity index is 815. The lowest BCUT2D eigenvalue weighted by atomic mass is 10.1. The molecular weight excluding hydrogens is 390 g/mol. The van der Waals surface area contributed by atoms with Crippen LogP contribution in [0.5, 0.6) is 5.75 Å². The van der Waals surface area contributed by atoms with E-state index in [0.29, 0.717) is 13.2 Å². The predicted molar refractivity (Wildman–Crippen MR) is 117 cm³/mol. The number of nitrogens with zero attached hydrogens (tertiary/aromatic N) is 1. The molecular formula is C22H30ClN3O3. The molecule has 0 aromatic heterocycles. The van der Waals surface area contributed by atoms with E-state index in [1.807, 2.05) is 26.0 Å². The second-order valence-electron chi connectivity index (χ2n) is 7.06. The Morgan fingerprint density at radius 2 is 1.62 bits per heavy atom. The maximum atomic E-state index is 12.1. The second-order valence-corrected chi connectivity index (χ2v) is 7.06. The summed E-state index contributed by atoms with van der Waals surface area (Å²) in [5, 5.41) is 2.49. The molecule has 6 nitrogen and oxygen atoms in total. The van der Waals surface area contributed by atoms with Crippen LogP contribution in [0.1, 0.15) is 27.8 Å². The van der Waals surface area contributed by atoms with E-state index in [2.05, 4.69) is 36.5 Å². The highest BCUT2D eigenvalue weighted by atomic mass is 35.5. The Morgan fingerprint density at radius 1 is 1.03 bits per heavy atom. The number of halogens is 1. The van der Waals surface area contributed by atoms with Crippen molar-refractivity contribution in [3.8, 4) is 5.75 Å². The molecule has 29 heavy (non-hydrogen) atoms. The molecule has 0 aliphatic carbocycles. The van der Waals surface area contributed by atoms with Gasteiger partial charge in [0.15, 0.2) is 0 Å². The van der Waals surface area contributed by atoms with Crippen LogP contribution >= 0.6 is 12.4 Å². The second kappa shape index (κ2) is 11.4. The van der Waals surface area contributed by atoms with E-state index in [-0.39, 0.29) is 37.3 Å². The molecule has 3 N–H and O–H groups in total.